The highest BCUT2D eigenvalue weighted by atomic mass is 32.2. The Bertz CT molecular complexity index is 427. The summed E-state index contributed by atoms with van der Waals surface area (Å²) in [7, 11) is -3.21. The summed E-state index contributed by atoms with van der Waals surface area (Å²) in [5, 5.41) is 17.1. The zero-order valence-corrected chi connectivity index (χ0v) is 14.6. The second-order valence-corrected chi connectivity index (χ2v) is 7.59. The van der Waals surface area contributed by atoms with E-state index >= 15 is 0 Å². The minimum atomic E-state index is -3.21. The van der Waals surface area contributed by atoms with Crippen LogP contribution in [0.3, 0.4) is 0 Å². The van der Waals surface area contributed by atoms with E-state index in [0.717, 1.165) is 44.9 Å². The van der Waals surface area contributed by atoms with E-state index in [-0.39, 0.29) is 5.75 Å². The first-order valence-corrected chi connectivity index (χ1v) is 9.91. The lowest BCUT2D eigenvalue weighted by Gasteiger charge is -2.22. The van der Waals surface area contributed by atoms with Crippen molar-refractivity contribution in [1.29, 1.82) is 10.5 Å². The van der Waals surface area contributed by atoms with E-state index in [0.29, 0.717) is 32.4 Å². The van der Waals surface area contributed by atoms with Crippen LogP contribution in [0.1, 0.15) is 71.1 Å². The van der Waals surface area contributed by atoms with Crippen molar-refractivity contribution in [2.45, 2.75) is 71.1 Å². The fourth-order valence-electron chi connectivity index (χ4n) is 2.21. The van der Waals surface area contributed by atoms with E-state index in [1.165, 1.54) is 0 Å². The number of rotatable bonds is 14. The fraction of sp³-hybridized carbons (Fsp3) is 0.875. The molecular weight excluding hydrogens is 298 g/mol. The van der Waals surface area contributed by atoms with Crippen LogP contribution in [-0.2, 0) is 10.0 Å². The maximum absolute atomic E-state index is 12.4. The average molecular weight is 327 g/mol. The maximum Gasteiger partial charge on any atom is 0.214 e. The molecule has 0 bridgehead atoms. The fourth-order valence-corrected chi connectivity index (χ4v) is 3.86. The van der Waals surface area contributed by atoms with Crippen molar-refractivity contribution in [1.82, 2.24) is 4.31 Å². The lowest BCUT2D eigenvalue weighted by atomic mass is 10.2. The van der Waals surface area contributed by atoms with E-state index < -0.39 is 10.0 Å². The highest BCUT2D eigenvalue weighted by Crippen LogP contribution is 2.11. The topological polar surface area (TPSA) is 85.0 Å². The second-order valence-electron chi connectivity index (χ2n) is 5.51. The molecule has 0 saturated carbocycles. The summed E-state index contributed by atoms with van der Waals surface area (Å²) in [6.45, 7) is 3.08. The number of sulfonamides is 1. The van der Waals surface area contributed by atoms with Gasteiger partial charge >= 0.3 is 0 Å². The minimum absolute atomic E-state index is 0.212. The van der Waals surface area contributed by atoms with E-state index in [4.69, 9.17) is 10.5 Å². The van der Waals surface area contributed by atoms with Crippen molar-refractivity contribution < 1.29 is 8.42 Å². The predicted molar refractivity (Wildman–Crippen MR) is 88.4 cm³/mol. The van der Waals surface area contributed by atoms with E-state index in [1.54, 1.807) is 4.31 Å². The molecule has 0 amide bonds. The molecular formula is C16H29N3O2S. The van der Waals surface area contributed by atoms with Gasteiger partial charge in [0.25, 0.3) is 0 Å². The Balaban J connectivity index is 4.38. The Morgan fingerprint density at radius 2 is 1.36 bits per heavy atom. The van der Waals surface area contributed by atoms with E-state index in [1.807, 2.05) is 0 Å². The van der Waals surface area contributed by atoms with E-state index in [9.17, 15) is 8.42 Å². The van der Waals surface area contributed by atoms with Crippen LogP contribution < -0.4 is 0 Å². The average Bonchev–Trinajstić information content (AvgIpc) is 2.50. The first-order valence-electron chi connectivity index (χ1n) is 8.30. The molecule has 6 heteroatoms. The van der Waals surface area contributed by atoms with Crippen molar-refractivity contribution in [3.8, 4) is 12.1 Å². The molecule has 5 nitrogen and oxygen atoms in total. The Morgan fingerprint density at radius 3 is 1.82 bits per heavy atom. The quantitative estimate of drug-likeness (QED) is 0.456. The molecule has 126 valence electrons. The van der Waals surface area contributed by atoms with Crippen LogP contribution in [0.2, 0.25) is 0 Å². The lowest BCUT2D eigenvalue weighted by molar-refractivity contribution is 0.390. The summed E-state index contributed by atoms with van der Waals surface area (Å²) in [6.07, 6.45) is 7.67. The Morgan fingerprint density at radius 1 is 0.818 bits per heavy atom. The van der Waals surface area contributed by atoms with Gasteiger partial charge in [0, 0.05) is 25.9 Å². The smallest absolute Gasteiger partial charge is 0.212 e. The van der Waals surface area contributed by atoms with Gasteiger partial charge in [-0.1, -0.05) is 26.2 Å². The van der Waals surface area contributed by atoms with Crippen LogP contribution in [-0.4, -0.2) is 31.6 Å². The summed E-state index contributed by atoms with van der Waals surface area (Å²) in [4.78, 5) is 0. The normalized spacial score (nSPS) is 11.3. The molecule has 0 aliphatic heterocycles. The number of nitrogens with zero attached hydrogens (tertiary/aromatic N) is 3. The Labute approximate surface area is 136 Å². The van der Waals surface area contributed by atoms with Crippen LogP contribution >= 0.6 is 0 Å². The van der Waals surface area contributed by atoms with Crippen LogP contribution in [0, 0.1) is 22.7 Å². The third-order valence-electron chi connectivity index (χ3n) is 3.54. The van der Waals surface area contributed by atoms with Crippen LogP contribution in [0.15, 0.2) is 0 Å². The predicted octanol–water partition coefficient (Wildman–Crippen LogP) is 3.59. The standard InChI is InChI=1S/C16H29N3O2S/c1-2-3-4-11-16-22(20,21)19(14-9-5-7-12-17)15-10-6-8-13-18/h2-11,14-16H2,1H3. The van der Waals surface area contributed by atoms with Gasteiger partial charge in [-0.2, -0.15) is 10.5 Å². The third-order valence-corrected chi connectivity index (χ3v) is 5.50. The van der Waals surface area contributed by atoms with Gasteiger partial charge in [-0.25, -0.2) is 12.7 Å². The molecule has 0 unspecified atom stereocenters. The zero-order chi connectivity index (χ0) is 16.7. The molecule has 0 radical (unpaired) electrons. The van der Waals surface area contributed by atoms with Gasteiger partial charge in [-0.05, 0) is 32.1 Å². The number of unbranched alkanes of at least 4 members (excludes halogenated alkanes) is 7. The van der Waals surface area contributed by atoms with Gasteiger partial charge in [-0.3, -0.25) is 0 Å². The monoisotopic (exact) mass is 327 g/mol. The SMILES string of the molecule is CCCCCCS(=O)(=O)N(CCCCC#N)CCCCC#N. The van der Waals surface area contributed by atoms with Crippen LogP contribution in [0.25, 0.3) is 0 Å². The molecule has 0 rings (SSSR count). The summed E-state index contributed by atoms with van der Waals surface area (Å²) in [5.41, 5.74) is 0. The molecule has 0 aromatic rings. The maximum atomic E-state index is 12.4. The summed E-state index contributed by atoms with van der Waals surface area (Å²) in [5.74, 6) is 0.212. The van der Waals surface area contributed by atoms with E-state index in [2.05, 4.69) is 19.1 Å². The van der Waals surface area contributed by atoms with Crippen molar-refractivity contribution in [2.75, 3.05) is 18.8 Å². The van der Waals surface area contributed by atoms with Crippen LogP contribution in [0.4, 0.5) is 0 Å². The molecule has 0 spiro atoms. The van der Waals surface area contributed by atoms with Gasteiger partial charge in [0.15, 0.2) is 0 Å². The highest BCUT2D eigenvalue weighted by Gasteiger charge is 2.20. The van der Waals surface area contributed by atoms with Gasteiger partial charge in [0.05, 0.1) is 17.9 Å². The third kappa shape index (κ3) is 10.6. The molecule has 22 heavy (non-hydrogen) atoms. The second kappa shape index (κ2) is 13.5. The molecule has 0 fully saturated rings. The van der Waals surface area contributed by atoms with Gasteiger partial charge < -0.3 is 0 Å². The molecule has 0 aliphatic rings. The summed E-state index contributed by atoms with van der Waals surface area (Å²) in [6, 6.07) is 4.17. The summed E-state index contributed by atoms with van der Waals surface area (Å²) < 4.78 is 26.4. The molecule has 0 heterocycles. The molecule has 0 aliphatic carbocycles. The molecule has 0 N–H and O–H groups in total. The molecule has 0 aromatic heterocycles. The lowest BCUT2D eigenvalue weighted by Crippen LogP contribution is -2.34. The largest absolute Gasteiger partial charge is 0.214 e. The van der Waals surface area contributed by atoms with Gasteiger partial charge in [0.1, 0.15) is 0 Å². The minimum Gasteiger partial charge on any atom is -0.212 e. The first kappa shape index (κ1) is 20.9. The summed E-state index contributed by atoms with van der Waals surface area (Å²) >= 11 is 0. The van der Waals surface area contributed by atoms with Crippen molar-refractivity contribution >= 4 is 10.0 Å². The number of nitriles is 2. The molecule has 0 atom stereocenters. The van der Waals surface area contributed by atoms with Gasteiger partial charge in [0.2, 0.25) is 10.0 Å². The number of hydrogen-bond donors (Lipinski definition) is 0. The molecule has 0 aromatic carbocycles. The Kier molecular flexibility index (Phi) is 12.9. The molecule has 0 saturated heterocycles. The number of hydrogen-bond acceptors (Lipinski definition) is 4. The van der Waals surface area contributed by atoms with Gasteiger partial charge in [-0.15, -0.1) is 0 Å². The van der Waals surface area contributed by atoms with Crippen LogP contribution in [0.5, 0.6) is 0 Å². The zero-order valence-electron chi connectivity index (χ0n) is 13.8. The van der Waals surface area contributed by atoms with Crippen molar-refractivity contribution in [2.24, 2.45) is 0 Å². The highest BCUT2D eigenvalue weighted by molar-refractivity contribution is 7.89. The van der Waals surface area contributed by atoms with Crippen molar-refractivity contribution in [3.63, 3.8) is 0 Å². The first-order chi connectivity index (χ1) is 10.6. The van der Waals surface area contributed by atoms with Crippen molar-refractivity contribution in [3.05, 3.63) is 0 Å². The Hall–Kier alpha value is -1.11.